The summed E-state index contributed by atoms with van der Waals surface area (Å²) >= 11 is 0. The van der Waals surface area contributed by atoms with E-state index in [4.69, 9.17) is 5.73 Å². The molecule has 5 rings (SSSR count). The highest BCUT2D eigenvalue weighted by Crippen LogP contribution is 2.31. The number of fused-ring (bicyclic) bond motifs is 1. The first kappa shape index (κ1) is 23.9. The molecule has 6 heteroatoms. The minimum atomic E-state index is -0.592. The zero-order chi connectivity index (χ0) is 25.1. The summed E-state index contributed by atoms with van der Waals surface area (Å²) in [6, 6.07) is 24.0. The van der Waals surface area contributed by atoms with Crippen LogP contribution in [0.3, 0.4) is 0 Å². The lowest BCUT2D eigenvalue weighted by Crippen LogP contribution is -2.20. The normalized spacial score (nSPS) is 14.9. The SMILES string of the molecule is CCCN(C)Cc1ccccc1-c1ccc(C2N=Cc3ncn(-c4cccc(CN)c4)c3C2=O)cc1. The average molecular weight is 478 g/mol. The van der Waals surface area contributed by atoms with Crippen molar-refractivity contribution in [3.05, 3.63) is 107 Å². The van der Waals surface area contributed by atoms with Crippen molar-refractivity contribution in [2.24, 2.45) is 10.7 Å². The third-order valence-corrected chi connectivity index (χ3v) is 6.65. The summed E-state index contributed by atoms with van der Waals surface area (Å²) in [4.78, 5) is 24.9. The second-order valence-electron chi connectivity index (χ2n) is 9.28. The maximum Gasteiger partial charge on any atom is 0.210 e. The Balaban J connectivity index is 1.42. The molecule has 0 aliphatic carbocycles. The molecule has 3 aromatic carbocycles. The highest BCUT2D eigenvalue weighted by molar-refractivity contribution is 6.08. The Bertz CT molecular complexity index is 1400. The van der Waals surface area contributed by atoms with E-state index < -0.39 is 6.04 Å². The van der Waals surface area contributed by atoms with Gasteiger partial charge in [-0.15, -0.1) is 0 Å². The van der Waals surface area contributed by atoms with E-state index in [1.165, 1.54) is 11.1 Å². The van der Waals surface area contributed by atoms with Crippen LogP contribution in [0, 0.1) is 0 Å². The zero-order valence-electron chi connectivity index (χ0n) is 20.8. The fourth-order valence-electron chi connectivity index (χ4n) is 4.85. The van der Waals surface area contributed by atoms with E-state index in [1.807, 2.05) is 41.0 Å². The third kappa shape index (κ3) is 4.65. The minimum absolute atomic E-state index is 0.0579. The number of ketones is 1. The fraction of sp³-hybridized carbons (Fsp3) is 0.233. The van der Waals surface area contributed by atoms with Crippen LogP contribution >= 0.6 is 0 Å². The molecular formula is C30H31N5O. The van der Waals surface area contributed by atoms with Gasteiger partial charge in [0.2, 0.25) is 5.78 Å². The zero-order valence-corrected chi connectivity index (χ0v) is 20.8. The first-order valence-corrected chi connectivity index (χ1v) is 12.4. The predicted octanol–water partition coefficient (Wildman–Crippen LogP) is 5.20. The number of hydrogen-bond donors (Lipinski definition) is 1. The van der Waals surface area contributed by atoms with Gasteiger partial charge in [0.15, 0.2) is 0 Å². The first-order valence-electron chi connectivity index (χ1n) is 12.4. The summed E-state index contributed by atoms with van der Waals surface area (Å²) in [5, 5.41) is 0. The van der Waals surface area contributed by atoms with E-state index >= 15 is 0 Å². The molecule has 0 radical (unpaired) electrons. The first-order chi connectivity index (χ1) is 17.6. The van der Waals surface area contributed by atoms with Crippen LogP contribution in [0.2, 0.25) is 0 Å². The summed E-state index contributed by atoms with van der Waals surface area (Å²) in [7, 11) is 2.15. The molecule has 0 saturated heterocycles. The van der Waals surface area contributed by atoms with Gasteiger partial charge in [-0.1, -0.05) is 67.6 Å². The Kier molecular flexibility index (Phi) is 6.89. The van der Waals surface area contributed by atoms with E-state index in [2.05, 4.69) is 65.2 Å². The van der Waals surface area contributed by atoms with Crippen molar-refractivity contribution in [2.45, 2.75) is 32.5 Å². The summed E-state index contributed by atoms with van der Waals surface area (Å²) in [6.07, 6.45) is 4.52. The lowest BCUT2D eigenvalue weighted by atomic mass is 9.94. The van der Waals surface area contributed by atoms with Crippen molar-refractivity contribution < 1.29 is 4.79 Å². The van der Waals surface area contributed by atoms with Crippen molar-refractivity contribution >= 4 is 12.0 Å². The largest absolute Gasteiger partial charge is 0.326 e. The molecule has 0 amide bonds. The number of rotatable bonds is 8. The van der Waals surface area contributed by atoms with E-state index in [0.29, 0.717) is 17.9 Å². The maximum absolute atomic E-state index is 13.6. The van der Waals surface area contributed by atoms with Crippen LogP contribution in [0.25, 0.3) is 16.8 Å². The van der Waals surface area contributed by atoms with Crippen molar-refractivity contribution in [1.82, 2.24) is 14.5 Å². The maximum atomic E-state index is 13.6. The topological polar surface area (TPSA) is 76.5 Å². The Morgan fingerprint density at radius 2 is 1.83 bits per heavy atom. The molecule has 4 aromatic rings. The van der Waals surface area contributed by atoms with E-state index in [1.54, 1.807) is 12.5 Å². The highest BCUT2D eigenvalue weighted by atomic mass is 16.1. The van der Waals surface area contributed by atoms with Crippen LogP contribution in [0.5, 0.6) is 0 Å². The van der Waals surface area contributed by atoms with Gasteiger partial charge < -0.3 is 10.6 Å². The number of nitrogens with zero attached hydrogens (tertiary/aromatic N) is 4. The van der Waals surface area contributed by atoms with Gasteiger partial charge in [0.1, 0.15) is 23.8 Å². The average Bonchev–Trinajstić information content (AvgIpc) is 3.35. The quantitative estimate of drug-likeness (QED) is 0.379. The molecule has 0 saturated carbocycles. The summed E-state index contributed by atoms with van der Waals surface area (Å²) < 4.78 is 1.84. The number of aromatic nitrogens is 2. The summed E-state index contributed by atoms with van der Waals surface area (Å²) in [6.45, 7) is 4.59. The smallest absolute Gasteiger partial charge is 0.210 e. The van der Waals surface area contributed by atoms with Crippen LogP contribution in [0.15, 0.2) is 84.1 Å². The monoisotopic (exact) mass is 477 g/mol. The van der Waals surface area contributed by atoms with Crippen LogP contribution < -0.4 is 5.73 Å². The van der Waals surface area contributed by atoms with Gasteiger partial charge in [0.05, 0.1) is 6.21 Å². The van der Waals surface area contributed by atoms with Crippen LogP contribution in [-0.4, -0.2) is 40.0 Å². The minimum Gasteiger partial charge on any atom is -0.326 e. The number of imidazole rings is 1. The van der Waals surface area contributed by atoms with E-state index in [9.17, 15) is 4.79 Å². The van der Waals surface area contributed by atoms with Crippen molar-refractivity contribution in [3.63, 3.8) is 0 Å². The Morgan fingerprint density at radius 1 is 1.03 bits per heavy atom. The Labute approximate surface area is 212 Å². The molecule has 36 heavy (non-hydrogen) atoms. The van der Waals surface area contributed by atoms with Gasteiger partial charge >= 0.3 is 0 Å². The fourth-order valence-corrected chi connectivity index (χ4v) is 4.85. The molecule has 1 atom stereocenters. The van der Waals surface area contributed by atoms with E-state index in [-0.39, 0.29) is 5.78 Å². The molecule has 0 spiro atoms. The number of benzene rings is 3. The second kappa shape index (κ2) is 10.4. The Morgan fingerprint density at radius 3 is 2.61 bits per heavy atom. The lowest BCUT2D eigenvalue weighted by Gasteiger charge is -2.19. The predicted molar refractivity (Wildman–Crippen MR) is 145 cm³/mol. The summed E-state index contributed by atoms with van der Waals surface area (Å²) in [5.41, 5.74) is 13.3. The Hall–Kier alpha value is -3.87. The van der Waals surface area contributed by atoms with Crippen LogP contribution in [0.1, 0.15) is 52.3 Å². The molecule has 1 aromatic heterocycles. The number of aliphatic imine (C=N–C) groups is 1. The van der Waals surface area contributed by atoms with Crippen molar-refractivity contribution in [3.8, 4) is 16.8 Å². The van der Waals surface area contributed by atoms with Gasteiger partial charge in [-0.05, 0) is 60.0 Å². The second-order valence-corrected chi connectivity index (χ2v) is 9.28. The number of hydrogen-bond acceptors (Lipinski definition) is 5. The molecule has 1 unspecified atom stereocenters. The van der Waals surface area contributed by atoms with Gasteiger partial charge in [-0.3, -0.25) is 14.4 Å². The van der Waals surface area contributed by atoms with E-state index in [0.717, 1.165) is 41.9 Å². The van der Waals surface area contributed by atoms with Crippen LogP contribution in [0.4, 0.5) is 0 Å². The van der Waals surface area contributed by atoms with Gasteiger partial charge in [-0.25, -0.2) is 4.98 Å². The summed E-state index contributed by atoms with van der Waals surface area (Å²) in [5.74, 6) is -0.0579. The molecular weight excluding hydrogens is 446 g/mol. The van der Waals surface area contributed by atoms with Crippen LogP contribution in [-0.2, 0) is 13.1 Å². The van der Waals surface area contributed by atoms with Gasteiger partial charge in [0, 0.05) is 18.8 Å². The van der Waals surface area contributed by atoms with Crippen molar-refractivity contribution in [1.29, 1.82) is 0 Å². The molecule has 6 nitrogen and oxygen atoms in total. The number of carbonyl (C=O) groups is 1. The molecule has 182 valence electrons. The molecule has 0 bridgehead atoms. The molecule has 1 aliphatic rings. The molecule has 2 heterocycles. The molecule has 1 aliphatic heterocycles. The number of nitrogens with two attached hydrogens (primary N) is 1. The van der Waals surface area contributed by atoms with Gasteiger partial charge in [0.25, 0.3) is 0 Å². The number of carbonyl (C=O) groups excluding carboxylic acids is 1. The standard InChI is InChI=1S/C30H31N5O/c1-3-15-34(2)19-24-8-4-5-10-26(24)22-11-13-23(14-12-22)28-30(36)29-27(18-32-28)33-20-35(29)25-9-6-7-21(16-25)17-31/h4-14,16,18,20,28H,3,15,17,19,31H2,1-2H3. The lowest BCUT2D eigenvalue weighted by molar-refractivity contribution is 0.0953. The van der Waals surface area contributed by atoms with Gasteiger partial charge in [-0.2, -0.15) is 0 Å². The molecule has 2 N–H and O–H groups in total. The third-order valence-electron chi connectivity index (χ3n) is 6.65. The number of Topliss-reactive ketones (excluding diaryl/α,β-unsaturated/α-hetero) is 1. The molecule has 0 fully saturated rings. The van der Waals surface area contributed by atoms with Crippen molar-refractivity contribution in [2.75, 3.05) is 13.6 Å². The highest BCUT2D eigenvalue weighted by Gasteiger charge is 2.30.